The van der Waals surface area contributed by atoms with Gasteiger partial charge in [0.1, 0.15) is 22.9 Å². The van der Waals surface area contributed by atoms with Gasteiger partial charge in [-0.15, -0.1) is 0 Å². The summed E-state index contributed by atoms with van der Waals surface area (Å²) in [6, 6.07) is 8.71. The largest absolute Gasteiger partial charge is 0.495 e. The molecule has 0 saturated carbocycles. The maximum absolute atomic E-state index is 13.0. The average Bonchev–Trinajstić information content (AvgIpc) is 3.28. The van der Waals surface area contributed by atoms with Crippen LogP contribution in [-0.2, 0) is 4.74 Å². The molecule has 0 spiro atoms. The molecule has 1 N–H and O–H groups in total. The second-order valence-corrected chi connectivity index (χ2v) is 7.21. The summed E-state index contributed by atoms with van der Waals surface area (Å²) in [5.41, 5.74) is 4.22. The number of pyridine rings is 3. The molecule has 0 aliphatic heterocycles. The number of aromatic nitrogens is 4. The maximum atomic E-state index is 13.0. The highest BCUT2D eigenvalue weighted by atomic mass is 16.5. The van der Waals surface area contributed by atoms with Gasteiger partial charge in [0.25, 0.3) is 5.91 Å². The second kappa shape index (κ2) is 8.95. The third-order valence-corrected chi connectivity index (χ3v) is 5.13. The average molecular weight is 446 g/mol. The molecule has 4 rings (SSSR count). The molecule has 0 bridgehead atoms. The van der Waals surface area contributed by atoms with Gasteiger partial charge in [0, 0.05) is 25.0 Å². The van der Waals surface area contributed by atoms with Crippen molar-refractivity contribution < 1.29 is 19.1 Å². The Morgan fingerprint density at radius 2 is 1.85 bits per heavy atom. The third kappa shape index (κ3) is 4.31. The van der Waals surface area contributed by atoms with E-state index in [4.69, 9.17) is 4.74 Å². The van der Waals surface area contributed by atoms with Crippen LogP contribution in [-0.4, -0.2) is 52.6 Å². The second-order valence-electron chi connectivity index (χ2n) is 7.21. The molecule has 0 aromatic carbocycles. The van der Waals surface area contributed by atoms with Gasteiger partial charge in [-0.3, -0.25) is 14.5 Å². The molecule has 0 saturated heterocycles. The first-order valence-electron chi connectivity index (χ1n) is 9.98. The molecule has 33 heavy (non-hydrogen) atoms. The number of anilines is 2. The van der Waals surface area contributed by atoms with E-state index in [0.29, 0.717) is 22.9 Å². The number of nitrogens with one attached hydrogen (secondary N) is 1. The fourth-order valence-electron chi connectivity index (χ4n) is 3.33. The van der Waals surface area contributed by atoms with E-state index in [1.165, 1.54) is 18.2 Å². The fraction of sp³-hybridized carbons (Fsp3) is 0.174. The maximum Gasteiger partial charge on any atom is 0.412 e. The van der Waals surface area contributed by atoms with Crippen LogP contribution in [0.4, 0.5) is 16.3 Å². The molecular weight excluding hydrogens is 424 g/mol. The van der Waals surface area contributed by atoms with Crippen molar-refractivity contribution >= 4 is 29.2 Å². The number of aryl methyl sites for hydroxylation is 1. The van der Waals surface area contributed by atoms with Crippen LogP contribution in [0.2, 0.25) is 0 Å². The first kappa shape index (κ1) is 21.8. The lowest BCUT2D eigenvalue weighted by Crippen LogP contribution is -2.27. The molecule has 0 radical (unpaired) electrons. The summed E-state index contributed by atoms with van der Waals surface area (Å²) < 4.78 is 11.6. The summed E-state index contributed by atoms with van der Waals surface area (Å²) in [5, 5.41) is 2.52. The van der Waals surface area contributed by atoms with Gasteiger partial charge in [0.05, 0.1) is 38.0 Å². The lowest BCUT2D eigenvalue weighted by atomic mass is 10.2. The number of hydrogen-bond acceptors (Lipinski definition) is 7. The minimum atomic E-state index is -0.593. The van der Waals surface area contributed by atoms with E-state index in [2.05, 4.69) is 25.0 Å². The minimum Gasteiger partial charge on any atom is -0.495 e. The van der Waals surface area contributed by atoms with Gasteiger partial charge in [-0.1, -0.05) is 0 Å². The van der Waals surface area contributed by atoms with Crippen LogP contribution in [0.1, 0.15) is 16.1 Å². The Kier molecular flexibility index (Phi) is 5.90. The van der Waals surface area contributed by atoms with Gasteiger partial charge >= 0.3 is 6.09 Å². The smallest absolute Gasteiger partial charge is 0.412 e. The highest BCUT2D eigenvalue weighted by Gasteiger charge is 2.18. The highest BCUT2D eigenvalue weighted by molar-refractivity contribution is 6.04. The highest BCUT2D eigenvalue weighted by Crippen LogP contribution is 2.27. The Bertz CT molecular complexity index is 1320. The summed E-state index contributed by atoms with van der Waals surface area (Å²) in [5.74, 6) is 0.697. The quantitative estimate of drug-likeness (QED) is 0.499. The Morgan fingerprint density at radius 3 is 2.48 bits per heavy atom. The normalized spacial score (nSPS) is 10.7. The summed E-state index contributed by atoms with van der Waals surface area (Å²) >= 11 is 0. The van der Waals surface area contributed by atoms with Gasteiger partial charge in [0.15, 0.2) is 0 Å². The van der Waals surface area contributed by atoms with Gasteiger partial charge in [0.2, 0.25) is 0 Å². The van der Waals surface area contributed by atoms with Crippen LogP contribution >= 0.6 is 0 Å². The predicted octanol–water partition coefficient (Wildman–Crippen LogP) is 3.56. The molecule has 0 aliphatic rings. The van der Waals surface area contributed by atoms with Crippen LogP contribution < -0.4 is 15.0 Å². The SMILES string of the molecule is COC(=O)Nc1ccc(-c2cnc3c(C)cc(N(C)C(=O)c4ccc(OC)cn4)cn23)cn1. The molecule has 4 aromatic heterocycles. The Labute approximate surface area is 189 Å². The standard InChI is InChI=1S/C23H22N6O4/c1-14-9-16(28(2)22(30)18-7-6-17(32-3)11-24-18)13-29-19(12-26-21(14)29)15-5-8-20(25-10-15)27-23(31)33-4/h5-13H,1-4H3,(H,25,27,31). The van der Waals surface area contributed by atoms with Crippen LogP contribution in [0.25, 0.3) is 16.9 Å². The monoisotopic (exact) mass is 446 g/mol. The number of nitrogens with zero attached hydrogens (tertiary/aromatic N) is 5. The lowest BCUT2D eigenvalue weighted by Gasteiger charge is -2.18. The van der Waals surface area contributed by atoms with Crippen molar-refractivity contribution in [3.05, 3.63) is 66.4 Å². The van der Waals surface area contributed by atoms with Crippen molar-refractivity contribution in [3.63, 3.8) is 0 Å². The summed E-state index contributed by atoms with van der Waals surface area (Å²) in [4.78, 5) is 38.8. The van der Waals surface area contributed by atoms with Crippen LogP contribution in [0, 0.1) is 6.92 Å². The fourth-order valence-corrected chi connectivity index (χ4v) is 3.33. The van der Waals surface area contributed by atoms with E-state index >= 15 is 0 Å². The number of ether oxygens (including phenoxy) is 2. The van der Waals surface area contributed by atoms with Gasteiger partial charge in [-0.25, -0.2) is 19.7 Å². The molecule has 168 valence electrons. The Morgan fingerprint density at radius 1 is 1.03 bits per heavy atom. The molecule has 10 nitrogen and oxygen atoms in total. The summed E-state index contributed by atoms with van der Waals surface area (Å²) in [6.07, 6.45) is 6.13. The molecular formula is C23H22N6O4. The van der Waals surface area contributed by atoms with Crippen LogP contribution in [0.15, 0.2) is 55.1 Å². The van der Waals surface area contributed by atoms with Crippen LogP contribution in [0.3, 0.4) is 0 Å². The van der Waals surface area contributed by atoms with Gasteiger partial charge < -0.3 is 14.4 Å². The summed E-state index contributed by atoms with van der Waals surface area (Å²) in [7, 11) is 4.53. The van der Waals surface area contributed by atoms with Gasteiger partial charge in [-0.05, 0) is 42.8 Å². The number of amides is 2. The predicted molar refractivity (Wildman–Crippen MR) is 123 cm³/mol. The molecule has 4 heterocycles. The zero-order valence-electron chi connectivity index (χ0n) is 18.6. The lowest BCUT2D eigenvalue weighted by molar-refractivity contribution is 0.0988. The number of hydrogen-bond donors (Lipinski definition) is 1. The topological polar surface area (TPSA) is 111 Å². The molecule has 10 heteroatoms. The number of imidazole rings is 1. The van der Waals surface area contributed by atoms with Crippen molar-refractivity contribution in [1.82, 2.24) is 19.4 Å². The zero-order valence-corrected chi connectivity index (χ0v) is 18.6. The third-order valence-electron chi connectivity index (χ3n) is 5.13. The molecule has 4 aromatic rings. The Hall–Kier alpha value is -4.47. The Balaban J connectivity index is 1.67. The molecule has 0 aliphatic carbocycles. The molecule has 0 unspecified atom stereocenters. The van der Waals surface area contributed by atoms with E-state index in [1.807, 2.05) is 29.7 Å². The minimum absolute atomic E-state index is 0.252. The van der Waals surface area contributed by atoms with Gasteiger partial charge in [-0.2, -0.15) is 0 Å². The first-order valence-corrected chi connectivity index (χ1v) is 9.98. The number of rotatable bonds is 5. The van der Waals surface area contributed by atoms with Crippen molar-refractivity contribution in [2.75, 3.05) is 31.5 Å². The molecule has 2 amide bonds. The van der Waals surface area contributed by atoms with E-state index in [0.717, 1.165) is 22.5 Å². The molecule has 0 fully saturated rings. The number of methoxy groups -OCH3 is 2. The first-order chi connectivity index (χ1) is 15.9. The van der Waals surface area contributed by atoms with E-state index in [9.17, 15) is 9.59 Å². The number of carbonyl (C=O) groups excluding carboxylic acids is 2. The number of carbonyl (C=O) groups is 2. The molecule has 0 atom stereocenters. The van der Waals surface area contributed by atoms with Crippen LogP contribution in [0.5, 0.6) is 5.75 Å². The van der Waals surface area contributed by atoms with Crippen molar-refractivity contribution in [2.24, 2.45) is 0 Å². The van der Waals surface area contributed by atoms with E-state index in [-0.39, 0.29) is 5.91 Å². The van der Waals surface area contributed by atoms with E-state index in [1.54, 1.807) is 44.8 Å². The van der Waals surface area contributed by atoms with Crippen molar-refractivity contribution in [2.45, 2.75) is 6.92 Å². The zero-order chi connectivity index (χ0) is 23.5. The number of fused-ring (bicyclic) bond motifs is 1. The summed E-state index contributed by atoms with van der Waals surface area (Å²) in [6.45, 7) is 1.93. The van der Waals surface area contributed by atoms with Crippen molar-refractivity contribution in [1.29, 1.82) is 0 Å². The van der Waals surface area contributed by atoms with Crippen molar-refractivity contribution in [3.8, 4) is 17.0 Å². The van der Waals surface area contributed by atoms with E-state index < -0.39 is 6.09 Å².